The minimum absolute atomic E-state index is 0.113. The number of hydrogen-bond donors (Lipinski definition) is 3. The van der Waals surface area contributed by atoms with Gasteiger partial charge in [-0.2, -0.15) is 0 Å². The van der Waals surface area contributed by atoms with Crippen LogP contribution >= 0.6 is 0 Å². The van der Waals surface area contributed by atoms with E-state index in [-0.39, 0.29) is 30.3 Å². The predicted molar refractivity (Wildman–Crippen MR) is 112 cm³/mol. The summed E-state index contributed by atoms with van der Waals surface area (Å²) in [6, 6.07) is 9.04. The lowest BCUT2D eigenvalue weighted by Crippen LogP contribution is -2.36. The van der Waals surface area contributed by atoms with Crippen molar-refractivity contribution < 1.29 is 14.4 Å². The number of amides is 2. The Bertz CT molecular complexity index is 701. The van der Waals surface area contributed by atoms with Crippen molar-refractivity contribution in [3.63, 3.8) is 0 Å². The molecular weight excluding hydrogens is 368 g/mol. The van der Waals surface area contributed by atoms with Crippen molar-refractivity contribution in [2.75, 3.05) is 6.54 Å². The Labute approximate surface area is 172 Å². The van der Waals surface area contributed by atoms with Crippen molar-refractivity contribution in [3.8, 4) is 0 Å². The number of carbonyl (C=O) groups is 2. The highest BCUT2D eigenvalue weighted by Crippen LogP contribution is 2.29. The van der Waals surface area contributed by atoms with Crippen molar-refractivity contribution in [1.29, 1.82) is 0 Å². The summed E-state index contributed by atoms with van der Waals surface area (Å²) in [6.07, 6.45) is 9.61. The van der Waals surface area contributed by atoms with Crippen molar-refractivity contribution in [3.05, 3.63) is 35.9 Å². The number of carbonyl (C=O) groups excluding carboxylic acids is 2. The standard InChI is InChI=1S/C22H32N4O3/c23-19(27)14-18(13-7-10-16-8-3-1-4-9-16)22-25-20(26-29-22)15-24-21(28)17-11-5-2-6-12-17/h2,5-6,11-12,16,18,20,26H,1,3-4,7-10,13-15H2,(H2,23,27)(H,24,28)/t18-,20?/m1/s1. The number of primary amides is 1. The zero-order valence-electron chi connectivity index (χ0n) is 16.9. The Hall–Kier alpha value is -2.41. The molecule has 2 atom stereocenters. The van der Waals surface area contributed by atoms with Gasteiger partial charge in [0.1, 0.15) is 0 Å². The van der Waals surface area contributed by atoms with E-state index in [0.717, 1.165) is 18.8 Å². The van der Waals surface area contributed by atoms with Gasteiger partial charge in [0.2, 0.25) is 11.8 Å². The molecule has 1 aliphatic heterocycles. The third-order valence-electron chi connectivity index (χ3n) is 5.76. The SMILES string of the molecule is NC(=O)C[C@@H](CCCC1CCCCC1)C1=NC(CNC(=O)c2ccccc2)NO1. The summed E-state index contributed by atoms with van der Waals surface area (Å²) in [5.74, 6) is 0.713. The summed E-state index contributed by atoms with van der Waals surface area (Å²) < 4.78 is 0. The van der Waals surface area contributed by atoms with Crippen LogP contribution in [0, 0.1) is 11.8 Å². The summed E-state index contributed by atoms with van der Waals surface area (Å²) in [6.45, 7) is 0.308. The largest absolute Gasteiger partial charge is 0.391 e. The molecule has 7 heteroatoms. The van der Waals surface area contributed by atoms with Gasteiger partial charge in [-0.05, 0) is 24.5 Å². The molecule has 0 bridgehead atoms. The Morgan fingerprint density at radius 3 is 2.69 bits per heavy atom. The molecule has 1 aromatic rings. The first-order valence-corrected chi connectivity index (χ1v) is 10.7. The van der Waals surface area contributed by atoms with Gasteiger partial charge < -0.3 is 15.9 Å². The average molecular weight is 401 g/mol. The fourth-order valence-corrected chi connectivity index (χ4v) is 4.18. The van der Waals surface area contributed by atoms with Gasteiger partial charge in [-0.3, -0.25) is 9.59 Å². The molecule has 0 saturated heterocycles. The molecule has 1 aliphatic carbocycles. The Morgan fingerprint density at radius 2 is 1.97 bits per heavy atom. The molecule has 0 spiro atoms. The number of nitrogens with one attached hydrogen (secondary N) is 2. The van der Waals surface area contributed by atoms with E-state index in [1.807, 2.05) is 18.2 Å². The maximum absolute atomic E-state index is 12.2. The van der Waals surface area contributed by atoms with Crippen LogP contribution in [0.3, 0.4) is 0 Å². The van der Waals surface area contributed by atoms with E-state index >= 15 is 0 Å². The minimum Gasteiger partial charge on any atom is -0.391 e. The van der Waals surface area contributed by atoms with Crippen LogP contribution < -0.4 is 16.5 Å². The number of hydroxylamine groups is 1. The van der Waals surface area contributed by atoms with E-state index in [9.17, 15) is 9.59 Å². The van der Waals surface area contributed by atoms with Crippen LogP contribution in [-0.2, 0) is 9.63 Å². The number of nitrogens with zero attached hydrogens (tertiary/aromatic N) is 1. The highest BCUT2D eigenvalue weighted by Gasteiger charge is 2.28. The molecule has 1 saturated carbocycles. The van der Waals surface area contributed by atoms with Crippen molar-refractivity contribution >= 4 is 17.7 Å². The molecule has 158 valence electrons. The highest BCUT2D eigenvalue weighted by molar-refractivity contribution is 5.94. The molecule has 3 rings (SSSR count). The lowest BCUT2D eigenvalue weighted by molar-refractivity contribution is -0.118. The molecule has 0 aromatic heterocycles. The van der Waals surface area contributed by atoms with Gasteiger partial charge in [0, 0.05) is 17.9 Å². The monoisotopic (exact) mass is 400 g/mol. The normalized spacial score (nSPS) is 20.6. The van der Waals surface area contributed by atoms with Crippen LogP contribution in [-0.4, -0.2) is 30.4 Å². The maximum atomic E-state index is 12.2. The van der Waals surface area contributed by atoms with Gasteiger partial charge in [-0.1, -0.05) is 63.1 Å². The van der Waals surface area contributed by atoms with E-state index in [0.29, 0.717) is 18.0 Å². The highest BCUT2D eigenvalue weighted by atomic mass is 16.7. The number of hydrogen-bond acceptors (Lipinski definition) is 5. The molecule has 0 radical (unpaired) electrons. The molecule has 2 aliphatic rings. The quantitative estimate of drug-likeness (QED) is 0.561. The Balaban J connectivity index is 1.48. The first-order valence-electron chi connectivity index (χ1n) is 10.7. The van der Waals surface area contributed by atoms with Gasteiger partial charge in [-0.15, -0.1) is 5.48 Å². The van der Waals surface area contributed by atoms with E-state index in [1.165, 1.54) is 38.5 Å². The van der Waals surface area contributed by atoms with Gasteiger partial charge in [0.15, 0.2) is 6.17 Å². The molecule has 1 fully saturated rings. The van der Waals surface area contributed by atoms with Crippen molar-refractivity contribution in [1.82, 2.24) is 10.8 Å². The van der Waals surface area contributed by atoms with Gasteiger partial charge >= 0.3 is 0 Å². The smallest absolute Gasteiger partial charge is 0.251 e. The van der Waals surface area contributed by atoms with E-state index in [2.05, 4.69) is 15.8 Å². The molecule has 1 heterocycles. The van der Waals surface area contributed by atoms with Gasteiger partial charge in [-0.25, -0.2) is 4.99 Å². The van der Waals surface area contributed by atoms with Crippen LogP contribution in [0.2, 0.25) is 0 Å². The van der Waals surface area contributed by atoms with Crippen LogP contribution in [0.4, 0.5) is 0 Å². The van der Waals surface area contributed by atoms with E-state index < -0.39 is 0 Å². The zero-order chi connectivity index (χ0) is 20.5. The molecule has 1 aromatic carbocycles. The number of rotatable bonds is 10. The van der Waals surface area contributed by atoms with Crippen LogP contribution in [0.25, 0.3) is 0 Å². The summed E-state index contributed by atoms with van der Waals surface area (Å²) in [7, 11) is 0. The second-order valence-corrected chi connectivity index (χ2v) is 8.08. The molecule has 29 heavy (non-hydrogen) atoms. The van der Waals surface area contributed by atoms with Crippen LogP contribution in [0.1, 0.15) is 68.1 Å². The predicted octanol–water partition coefficient (Wildman–Crippen LogP) is 2.92. The summed E-state index contributed by atoms with van der Waals surface area (Å²) in [5, 5.41) is 2.85. The molecular formula is C22H32N4O3. The second-order valence-electron chi connectivity index (χ2n) is 8.08. The summed E-state index contributed by atoms with van der Waals surface area (Å²) >= 11 is 0. The van der Waals surface area contributed by atoms with Crippen molar-refractivity contribution in [2.24, 2.45) is 22.6 Å². The Morgan fingerprint density at radius 1 is 1.21 bits per heavy atom. The zero-order valence-corrected chi connectivity index (χ0v) is 16.9. The third kappa shape index (κ3) is 6.85. The average Bonchev–Trinajstić information content (AvgIpc) is 3.21. The lowest BCUT2D eigenvalue weighted by Gasteiger charge is -2.22. The molecule has 7 nitrogen and oxygen atoms in total. The first-order chi connectivity index (χ1) is 14.1. The van der Waals surface area contributed by atoms with Crippen LogP contribution in [0.15, 0.2) is 35.3 Å². The molecule has 2 amide bonds. The van der Waals surface area contributed by atoms with E-state index in [4.69, 9.17) is 10.6 Å². The molecule has 4 N–H and O–H groups in total. The van der Waals surface area contributed by atoms with Crippen molar-refractivity contribution in [2.45, 2.75) is 64.0 Å². The lowest BCUT2D eigenvalue weighted by atomic mass is 9.84. The summed E-state index contributed by atoms with van der Waals surface area (Å²) in [4.78, 5) is 33.8. The number of aliphatic imine (C=N–C) groups is 1. The van der Waals surface area contributed by atoms with E-state index in [1.54, 1.807) is 12.1 Å². The summed E-state index contributed by atoms with van der Waals surface area (Å²) in [5.41, 5.74) is 8.88. The topological polar surface area (TPSA) is 106 Å². The van der Waals surface area contributed by atoms with Crippen LogP contribution in [0.5, 0.6) is 0 Å². The number of nitrogens with two attached hydrogens (primary N) is 1. The maximum Gasteiger partial charge on any atom is 0.251 e. The first kappa shape index (κ1) is 21.3. The fraction of sp³-hybridized carbons (Fsp3) is 0.591. The fourth-order valence-electron chi connectivity index (χ4n) is 4.18. The molecule has 1 unspecified atom stereocenters. The van der Waals surface area contributed by atoms with Gasteiger partial charge in [0.05, 0.1) is 6.54 Å². The minimum atomic E-state index is -0.369. The Kier molecular flexibility index (Phi) is 8.04. The second kappa shape index (κ2) is 11.0. The number of benzene rings is 1. The third-order valence-corrected chi connectivity index (χ3v) is 5.76. The van der Waals surface area contributed by atoms with Gasteiger partial charge in [0.25, 0.3) is 5.91 Å².